The van der Waals surface area contributed by atoms with Gasteiger partial charge in [0.25, 0.3) is 0 Å². The number of rotatable bonds is 6. The van der Waals surface area contributed by atoms with Gasteiger partial charge in [-0.1, -0.05) is 29.8 Å². The molecule has 1 aromatic carbocycles. The van der Waals surface area contributed by atoms with Crippen molar-refractivity contribution in [1.29, 1.82) is 0 Å². The van der Waals surface area contributed by atoms with Gasteiger partial charge in [0.2, 0.25) is 5.91 Å². The van der Waals surface area contributed by atoms with Crippen LogP contribution in [0.1, 0.15) is 44.7 Å². The molecule has 1 amide bonds. The van der Waals surface area contributed by atoms with Gasteiger partial charge < -0.3 is 15.0 Å². The van der Waals surface area contributed by atoms with Crippen LogP contribution < -0.4 is 5.32 Å². The van der Waals surface area contributed by atoms with Gasteiger partial charge in [0.1, 0.15) is 6.04 Å². The van der Waals surface area contributed by atoms with Gasteiger partial charge in [-0.25, -0.2) is 4.79 Å². The zero-order valence-electron chi connectivity index (χ0n) is 14.3. The first-order valence-corrected chi connectivity index (χ1v) is 8.86. The predicted octanol–water partition coefficient (Wildman–Crippen LogP) is 2.93. The maximum Gasteiger partial charge on any atom is 0.328 e. The Morgan fingerprint density at radius 3 is 2.83 bits per heavy atom. The summed E-state index contributed by atoms with van der Waals surface area (Å²) in [6.07, 6.45) is 2.53. The molecule has 1 aliphatic heterocycles. The predicted molar refractivity (Wildman–Crippen MR) is 93.9 cm³/mol. The largest absolute Gasteiger partial charge is 0.464 e. The van der Waals surface area contributed by atoms with Crippen molar-refractivity contribution in [1.82, 2.24) is 10.2 Å². The number of benzene rings is 1. The Labute approximate surface area is 148 Å². The molecule has 1 aliphatic rings. The lowest BCUT2D eigenvalue weighted by Gasteiger charge is -2.34. The Morgan fingerprint density at radius 2 is 2.12 bits per heavy atom. The number of hydrogen-bond acceptors (Lipinski definition) is 4. The van der Waals surface area contributed by atoms with Crippen molar-refractivity contribution in [3.8, 4) is 0 Å². The second-order valence-corrected chi connectivity index (χ2v) is 6.38. The molecule has 0 saturated carbocycles. The van der Waals surface area contributed by atoms with Crippen molar-refractivity contribution >= 4 is 23.5 Å². The zero-order chi connectivity index (χ0) is 17.5. The first-order valence-electron chi connectivity index (χ1n) is 8.48. The number of carbonyl (C=O) groups excluding carboxylic acids is 2. The van der Waals surface area contributed by atoms with Gasteiger partial charge in [-0.15, -0.1) is 0 Å². The number of piperidine rings is 1. The van der Waals surface area contributed by atoms with Crippen molar-refractivity contribution < 1.29 is 14.3 Å². The highest BCUT2D eigenvalue weighted by atomic mass is 35.5. The number of amides is 1. The van der Waals surface area contributed by atoms with Crippen LogP contribution in [0.25, 0.3) is 0 Å². The summed E-state index contributed by atoms with van der Waals surface area (Å²) in [7, 11) is 0. The van der Waals surface area contributed by atoms with Gasteiger partial charge in [-0.3, -0.25) is 4.79 Å². The maximum atomic E-state index is 12.6. The Morgan fingerprint density at radius 1 is 1.38 bits per heavy atom. The molecule has 2 unspecified atom stereocenters. The van der Waals surface area contributed by atoms with Crippen molar-refractivity contribution in [2.45, 2.75) is 45.2 Å². The SMILES string of the molecule is CCOC(=O)C1CCCCN1C(=O)CNC(C)c1ccccc1Cl. The van der Waals surface area contributed by atoms with E-state index in [4.69, 9.17) is 16.3 Å². The number of nitrogens with zero attached hydrogens (tertiary/aromatic N) is 1. The summed E-state index contributed by atoms with van der Waals surface area (Å²) < 4.78 is 5.10. The molecule has 0 aromatic heterocycles. The van der Waals surface area contributed by atoms with Gasteiger partial charge >= 0.3 is 5.97 Å². The summed E-state index contributed by atoms with van der Waals surface area (Å²) in [6, 6.07) is 7.06. The second-order valence-electron chi connectivity index (χ2n) is 5.97. The van der Waals surface area contributed by atoms with Crippen LogP contribution in [0, 0.1) is 0 Å². The van der Waals surface area contributed by atoms with Crippen LogP contribution in [0.4, 0.5) is 0 Å². The molecule has 1 fully saturated rings. The molecule has 132 valence electrons. The van der Waals surface area contributed by atoms with Crippen LogP contribution in [0.15, 0.2) is 24.3 Å². The maximum absolute atomic E-state index is 12.6. The summed E-state index contributed by atoms with van der Waals surface area (Å²) in [5, 5.41) is 3.87. The average molecular weight is 353 g/mol. The van der Waals surface area contributed by atoms with Crippen molar-refractivity contribution in [3.05, 3.63) is 34.9 Å². The first kappa shape index (κ1) is 18.7. The number of hydrogen-bond donors (Lipinski definition) is 1. The second kappa shape index (κ2) is 9.04. The van der Waals surface area contributed by atoms with E-state index in [2.05, 4.69) is 5.32 Å². The van der Waals surface area contributed by atoms with Crippen molar-refractivity contribution in [2.24, 2.45) is 0 Å². The molecule has 2 atom stereocenters. The number of ether oxygens (including phenoxy) is 1. The van der Waals surface area contributed by atoms with Gasteiger partial charge in [0, 0.05) is 17.6 Å². The summed E-state index contributed by atoms with van der Waals surface area (Å²) in [6.45, 7) is 4.85. The lowest BCUT2D eigenvalue weighted by molar-refractivity contribution is -0.156. The van der Waals surface area contributed by atoms with E-state index in [9.17, 15) is 9.59 Å². The summed E-state index contributed by atoms with van der Waals surface area (Å²) >= 11 is 6.19. The molecule has 0 radical (unpaired) electrons. The molecular weight excluding hydrogens is 328 g/mol. The molecule has 0 aliphatic carbocycles. The van der Waals surface area contributed by atoms with Gasteiger partial charge in [0.15, 0.2) is 0 Å². The highest BCUT2D eigenvalue weighted by Gasteiger charge is 2.32. The first-order chi connectivity index (χ1) is 11.5. The van der Waals surface area contributed by atoms with E-state index in [-0.39, 0.29) is 24.5 Å². The minimum absolute atomic E-state index is 0.0477. The molecule has 1 saturated heterocycles. The monoisotopic (exact) mass is 352 g/mol. The number of carbonyl (C=O) groups is 2. The highest BCUT2D eigenvalue weighted by Crippen LogP contribution is 2.22. The fourth-order valence-electron chi connectivity index (χ4n) is 2.99. The van der Waals surface area contributed by atoms with Crippen LogP contribution >= 0.6 is 11.6 Å². The van der Waals surface area contributed by atoms with E-state index in [1.807, 2.05) is 31.2 Å². The van der Waals surface area contributed by atoms with Gasteiger partial charge in [-0.05, 0) is 44.7 Å². The van der Waals surface area contributed by atoms with E-state index in [1.165, 1.54) is 0 Å². The van der Waals surface area contributed by atoms with E-state index in [1.54, 1.807) is 11.8 Å². The van der Waals surface area contributed by atoms with Crippen LogP contribution in [0.2, 0.25) is 5.02 Å². The van der Waals surface area contributed by atoms with E-state index >= 15 is 0 Å². The minimum Gasteiger partial charge on any atom is -0.464 e. The van der Waals surface area contributed by atoms with Crippen LogP contribution in [0.5, 0.6) is 0 Å². The zero-order valence-corrected chi connectivity index (χ0v) is 15.0. The molecule has 0 bridgehead atoms. The minimum atomic E-state index is -0.455. The number of esters is 1. The number of halogens is 1. The standard InChI is InChI=1S/C18H25ClN2O3/c1-3-24-18(23)16-10-6-7-11-21(16)17(22)12-20-13(2)14-8-4-5-9-15(14)19/h4-5,8-9,13,16,20H,3,6-7,10-12H2,1-2H3. The van der Waals surface area contributed by atoms with Crippen LogP contribution in [0.3, 0.4) is 0 Å². The molecule has 1 heterocycles. The van der Waals surface area contributed by atoms with E-state index in [0.29, 0.717) is 24.6 Å². The quantitative estimate of drug-likeness (QED) is 0.800. The third-order valence-corrected chi connectivity index (χ3v) is 4.66. The summed E-state index contributed by atoms with van der Waals surface area (Å²) in [5.74, 6) is -0.378. The Hall–Kier alpha value is -1.59. The Bertz CT molecular complexity index is 579. The average Bonchev–Trinajstić information content (AvgIpc) is 2.60. The smallest absolute Gasteiger partial charge is 0.328 e. The molecular formula is C18H25ClN2O3. The molecule has 1 N–H and O–H groups in total. The Kier molecular flexibility index (Phi) is 7.06. The lowest BCUT2D eigenvalue weighted by Crippen LogP contribution is -2.51. The third-order valence-electron chi connectivity index (χ3n) is 4.31. The third kappa shape index (κ3) is 4.71. The number of likely N-dealkylation sites (tertiary alicyclic amines) is 1. The molecule has 2 rings (SSSR count). The highest BCUT2D eigenvalue weighted by molar-refractivity contribution is 6.31. The topological polar surface area (TPSA) is 58.6 Å². The summed E-state index contributed by atoms with van der Waals surface area (Å²) in [4.78, 5) is 26.3. The molecule has 5 nitrogen and oxygen atoms in total. The van der Waals surface area contributed by atoms with E-state index < -0.39 is 6.04 Å². The lowest BCUT2D eigenvalue weighted by atomic mass is 10.0. The van der Waals surface area contributed by atoms with E-state index in [0.717, 1.165) is 18.4 Å². The molecule has 24 heavy (non-hydrogen) atoms. The van der Waals surface area contributed by atoms with Crippen LogP contribution in [-0.2, 0) is 14.3 Å². The molecule has 1 aromatic rings. The summed E-state index contributed by atoms with van der Waals surface area (Å²) in [5.41, 5.74) is 0.951. The Balaban J connectivity index is 1.95. The molecule has 0 spiro atoms. The number of nitrogens with one attached hydrogen (secondary N) is 1. The van der Waals surface area contributed by atoms with Gasteiger partial charge in [0.05, 0.1) is 13.2 Å². The van der Waals surface area contributed by atoms with Gasteiger partial charge in [-0.2, -0.15) is 0 Å². The fourth-order valence-corrected chi connectivity index (χ4v) is 3.29. The normalized spacial score (nSPS) is 19.0. The van der Waals surface area contributed by atoms with Crippen molar-refractivity contribution in [3.63, 3.8) is 0 Å². The van der Waals surface area contributed by atoms with Crippen molar-refractivity contribution in [2.75, 3.05) is 19.7 Å². The fraction of sp³-hybridized carbons (Fsp3) is 0.556. The van der Waals surface area contributed by atoms with Crippen LogP contribution in [-0.4, -0.2) is 42.5 Å². The molecule has 6 heteroatoms.